The fraction of sp³-hybridized carbons (Fsp3) is 0.500. The minimum absolute atomic E-state index is 0.0868. The molecule has 3 aromatic heterocycles. The van der Waals surface area contributed by atoms with Crippen molar-refractivity contribution in [1.29, 1.82) is 0 Å². The van der Waals surface area contributed by atoms with Crippen molar-refractivity contribution in [1.82, 2.24) is 19.6 Å². The van der Waals surface area contributed by atoms with E-state index in [1.807, 2.05) is 6.07 Å². The van der Waals surface area contributed by atoms with E-state index in [1.54, 1.807) is 6.07 Å². The summed E-state index contributed by atoms with van der Waals surface area (Å²) in [7, 11) is 0. The Bertz CT molecular complexity index is 1020. The van der Waals surface area contributed by atoms with Crippen LogP contribution in [0.2, 0.25) is 0 Å². The number of imidazole rings is 1. The van der Waals surface area contributed by atoms with Gasteiger partial charge in [0, 0.05) is 5.54 Å². The van der Waals surface area contributed by atoms with Crippen molar-refractivity contribution in [2.75, 3.05) is 5.32 Å². The van der Waals surface area contributed by atoms with E-state index in [9.17, 15) is 18.3 Å². The van der Waals surface area contributed by atoms with Crippen LogP contribution in [0.15, 0.2) is 24.5 Å². The van der Waals surface area contributed by atoms with Gasteiger partial charge < -0.3 is 10.4 Å². The molecular weight excluding hydrogens is 391 g/mol. The highest BCUT2D eigenvalue weighted by molar-refractivity contribution is 7.15. The van der Waals surface area contributed by atoms with Crippen molar-refractivity contribution in [2.24, 2.45) is 0 Å². The third kappa shape index (κ3) is 2.95. The van der Waals surface area contributed by atoms with Gasteiger partial charge in [0.1, 0.15) is 21.4 Å². The van der Waals surface area contributed by atoms with E-state index in [2.05, 4.69) is 20.4 Å². The van der Waals surface area contributed by atoms with Crippen molar-refractivity contribution >= 4 is 22.8 Å². The fourth-order valence-electron chi connectivity index (χ4n) is 4.23. The summed E-state index contributed by atoms with van der Waals surface area (Å²) in [6.45, 7) is 0. The molecule has 6 rings (SSSR count). The van der Waals surface area contributed by atoms with Gasteiger partial charge in [-0.05, 0) is 50.7 Å². The fourth-order valence-corrected chi connectivity index (χ4v) is 5.01. The number of nitrogens with zero attached hydrogens (tertiary/aromatic N) is 4. The molecule has 0 unspecified atom stereocenters. The Labute approximate surface area is 162 Å². The zero-order valence-electron chi connectivity index (χ0n) is 14.8. The molecule has 0 aliphatic heterocycles. The standard InChI is InChI=1S/C18H18F3N5OS/c19-18(20,21)12-10-23-15(28-12)11-9-22-14-2-1-13(25-26(11)14)24-16-3-6-17(27,7-4-16)8-5-16/h1-2,9-10,27H,3-8H2,(H,24,25). The molecule has 10 heteroatoms. The molecule has 0 atom stereocenters. The van der Waals surface area contributed by atoms with Gasteiger partial charge in [-0.3, -0.25) is 0 Å². The first-order valence-corrected chi connectivity index (χ1v) is 9.96. The molecule has 3 heterocycles. The normalized spacial score (nSPS) is 27.4. The summed E-state index contributed by atoms with van der Waals surface area (Å²) in [4.78, 5) is 7.40. The average molecular weight is 409 g/mol. The van der Waals surface area contributed by atoms with Gasteiger partial charge in [-0.25, -0.2) is 14.5 Å². The van der Waals surface area contributed by atoms with Gasteiger partial charge >= 0.3 is 6.18 Å². The molecule has 3 aliphatic carbocycles. The second-order valence-electron chi connectivity index (χ2n) is 7.79. The SMILES string of the molecule is OC12CCC(Nc3ccc4ncc(-c5ncc(C(F)(F)F)s5)n4n3)(CC1)CC2. The number of alkyl halides is 3. The summed E-state index contributed by atoms with van der Waals surface area (Å²) < 4.78 is 40.2. The van der Waals surface area contributed by atoms with Crippen molar-refractivity contribution in [3.63, 3.8) is 0 Å². The van der Waals surface area contributed by atoms with Gasteiger partial charge in [0.25, 0.3) is 0 Å². The molecule has 0 amide bonds. The minimum atomic E-state index is -4.42. The second kappa shape index (κ2) is 5.90. The monoisotopic (exact) mass is 409 g/mol. The zero-order valence-corrected chi connectivity index (χ0v) is 15.6. The van der Waals surface area contributed by atoms with Crippen LogP contribution in [0.25, 0.3) is 16.3 Å². The van der Waals surface area contributed by atoms with Crippen molar-refractivity contribution in [3.05, 3.63) is 29.4 Å². The molecule has 148 valence electrons. The largest absolute Gasteiger partial charge is 0.427 e. The number of rotatable bonds is 3. The highest BCUT2D eigenvalue weighted by Gasteiger charge is 2.47. The molecule has 0 radical (unpaired) electrons. The average Bonchev–Trinajstić information content (AvgIpc) is 3.29. The van der Waals surface area contributed by atoms with E-state index in [1.165, 1.54) is 10.7 Å². The Morgan fingerprint density at radius 2 is 1.75 bits per heavy atom. The molecule has 0 spiro atoms. The van der Waals surface area contributed by atoms with E-state index in [4.69, 9.17) is 0 Å². The summed E-state index contributed by atoms with van der Waals surface area (Å²) in [6, 6.07) is 3.62. The number of fused-ring (bicyclic) bond motifs is 4. The maximum Gasteiger partial charge on any atom is 0.427 e. The second-order valence-corrected chi connectivity index (χ2v) is 8.82. The van der Waals surface area contributed by atoms with Crippen molar-refractivity contribution in [2.45, 2.75) is 55.8 Å². The topological polar surface area (TPSA) is 75.3 Å². The highest BCUT2D eigenvalue weighted by Crippen LogP contribution is 2.48. The molecule has 28 heavy (non-hydrogen) atoms. The molecular formula is C18H18F3N5OS. The van der Waals surface area contributed by atoms with E-state index < -0.39 is 16.7 Å². The summed E-state index contributed by atoms with van der Waals surface area (Å²) in [5.74, 6) is 0.645. The Balaban J connectivity index is 1.46. The molecule has 0 saturated heterocycles. The van der Waals surface area contributed by atoms with E-state index in [0.29, 0.717) is 28.5 Å². The number of aromatic nitrogens is 4. The Hall–Kier alpha value is -2.20. The number of thiazole rings is 1. The van der Waals surface area contributed by atoms with Crippen LogP contribution in [0.3, 0.4) is 0 Å². The number of hydrogen-bond donors (Lipinski definition) is 2. The van der Waals surface area contributed by atoms with Gasteiger partial charge in [-0.2, -0.15) is 13.2 Å². The molecule has 3 saturated carbocycles. The Kier molecular flexibility index (Phi) is 3.76. The van der Waals surface area contributed by atoms with Gasteiger partial charge in [-0.15, -0.1) is 16.4 Å². The van der Waals surface area contributed by atoms with Crippen LogP contribution < -0.4 is 5.32 Å². The van der Waals surface area contributed by atoms with E-state index in [0.717, 1.165) is 44.7 Å². The molecule has 2 bridgehead atoms. The summed E-state index contributed by atoms with van der Waals surface area (Å²) in [5, 5.41) is 18.7. The van der Waals surface area contributed by atoms with Crippen LogP contribution in [-0.2, 0) is 6.18 Å². The van der Waals surface area contributed by atoms with Crippen LogP contribution in [0.1, 0.15) is 43.4 Å². The first-order chi connectivity index (χ1) is 13.3. The van der Waals surface area contributed by atoms with Crippen LogP contribution in [0.5, 0.6) is 0 Å². The van der Waals surface area contributed by atoms with Gasteiger partial charge in [-0.1, -0.05) is 0 Å². The number of hydrogen-bond acceptors (Lipinski definition) is 6. The maximum atomic E-state index is 12.9. The number of nitrogens with one attached hydrogen (secondary N) is 1. The van der Waals surface area contributed by atoms with Gasteiger partial charge in [0.05, 0.1) is 18.0 Å². The predicted octanol–water partition coefficient (Wildman–Crippen LogP) is 4.12. The smallest absolute Gasteiger partial charge is 0.390 e. The predicted molar refractivity (Wildman–Crippen MR) is 98.1 cm³/mol. The van der Waals surface area contributed by atoms with Crippen LogP contribution in [0, 0.1) is 0 Å². The zero-order chi connectivity index (χ0) is 19.6. The lowest BCUT2D eigenvalue weighted by Gasteiger charge is -2.51. The van der Waals surface area contributed by atoms with Crippen molar-refractivity contribution < 1.29 is 18.3 Å². The summed E-state index contributed by atoms with van der Waals surface area (Å²) in [6.07, 6.45) is 2.87. The first kappa shape index (κ1) is 17.9. The third-order valence-corrected chi connectivity index (χ3v) is 7.03. The summed E-state index contributed by atoms with van der Waals surface area (Å²) in [5.41, 5.74) is 0.373. The first-order valence-electron chi connectivity index (χ1n) is 9.14. The molecule has 0 aromatic carbocycles. The van der Waals surface area contributed by atoms with E-state index in [-0.39, 0.29) is 10.5 Å². The Morgan fingerprint density at radius 3 is 2.39 bits per heavy atom. The molecule has 3 fully saturated rings. The highest BCUT2D eigenvalue weighted by atomic mass is 32.1. The van der Waals surface area contributed by atoms with Crippen LogP contribution in [-0.4, -0.2) is 35.8 Å². The Morgan fingerprint density at radius 1 is 1.04 bits per heavy atom. The van der Waals surface area contributed by atoms with Gasteiger partial charge in [0.2, 0.25) is 0 Å². The van der Waals surface area contributed by atoms with E-state index >= 15 is 0 Å². The number of anilines is 1. The lowest BCUT2D eigenvalue weighted by molar-refractivity contribution is -0.134. The quantitative estimate of drug-likeness (QED) is 0.681. The third-order valence-electron chi connectivity index (χ3n) is 5.97. The lowest BCUT2D eigenvalue weighted by atomic mass is 9.63. The van der Waals surface area contributed by atoms with Gasteiger partial charge in [0.15, 0.2) is 5.65 Å². The van der Waals surface area contributed by atoms with Crippen LogP contribution in [0.4, 0.5) is 19.0 Å². The lowest BCUT2D eigenvalue weighted by Crippen LogP contribution is -2.53. The molecule has 6 nitrogen and oxygen atoms in total. The summed E-state index contributed by atoms with van der Waals surface area (Å²) >= 11 is 0.578. The molecule has 3 aromatic rings. The van der Waals surface area contributed by atoms with Crippen LogP contribution >= 0.6 is 11.3 Å². The maximum absolute atomic E-state index is 12.9. The number of aliphatic hydroxyl groups is 1. The minimum Gasteiger partial charge on any atom is -0.390 e. The van der Waals surface area contributed by atoms with Crippen molar-refractivity contribution in [3.8, 4) is 10.7 Å². The number of halogens is 3. The molecule has 2 N–H and O–H groups in total. The molecule has 3 aliphatic rings.